The first-order valence-electron chi connectivity index (χ1n) is 5.35. The fourth-order valence-corrected chi connectivity index (χ4v) is 1.98. The summed E-state index contributed by atoms with van der Waals surface area (Å²) in [5.41, 5.74) is 1.05. The Morgan fingerprint density at radius 2 is 2.06 bits per heavy atom. The fourth-order valence-electron chi connectivity index (χ4n) is 1.98. The molecule has 1 aromatic carbocycles. The normalized spacial score (nSPS) is 15.1. The molecule has 0 aromatic heterocycles. The minimum absolute atomic E-state index is 0.0376. The van der Waals surface area contributed by atoms with Gasteiger partial charge in [-0.1, -0.05) is 19.9 Å². The van der Waals surface area contributed by atoms with Gasteiger partial charge in [0.15, 0.2) is 17.6 Å². The largest absolute Gasteiger partial charge is 0.479 e. The second kappa shape index (κ2) is 4.25. The van der Waals surface area contributed by atoms with E-state index in [0.717, 1.165) is 0 Å². The molecular weight excluding hydrogens is 224 g/mol. The van der Waals surface area contributed by atoms with Gasteiger partial charge in [0.2, 0.25) is 6.79 Å². The number of carbonyl (C=O) groups is 1. The lowest BCUT2D eigenvalue weighted by Crippen LogP contribution is -2.13. The Hall–Kier alpha value is -1.75. The van der Waals surface area contributed by atoms with Gasteiger partial charge in [0.05, 0.1) is 0 Å². The Bertz CT molecular complexity index is 452. The molecule has 0 radical (unpaired) electrons. The van der Waals surface area contributed by atoms with Crippen molar-refractivity contribution in [3.63, 3.8) is 0 Å². The summed E-state index contributed by atoms with van der Waals surface area (Å²) in [4.78, 5) is 10.9. The molecule has 1 heterocycles. The lowest BCUT2D eigenvalue weighted by molar-refractivity contribution is -0.147. The maximum Gasteiger partial charge on any atom is 0.337 e. The molecule has 1 aliphatic heterocycles. The first kappa shape index (κ1) is 11.7. The summed E-state index contributed by atoms with van der Waals surface area (Å²) in [5.74, 6) is -0.103. The molecule has 5 heteroatoms. The second-order valence-electron chi connectivity index (χ2n) is 4.20. The predicted molar refractivity (Wildman–Crippen MR) is 59.2 cm³/mol. The van der Waals surface area contributed by atoms with E-state index in [2.05, 4.69) is 0 Å². The summed E-state index contributed by atoms with van der Waals surface area (Å²) in [7, 11) is 0. The van der Waals surface area contributed by atoms with Gasteiger partial charge < -0.3 is 19.7 Å². The smallest absolute Gasteiger partial charge is 0.337 e. The molecule has 0 bridgehead atoms. The number of ether oxygens (including phenoxy) is 2. The van der Waals surface area contributed by atoms with Gasteiger partial charge in [-0.3, -0.25) is 0 Å². The molecule has 1 aliphatic rings. The van der Waals surface area contributed by atoms with E-state index in [1.165, 1.54) is 0 Å². The molecule has 0 spiro atoms. The highest BCUT2D eigenvalue weighted by Gasteiger charge is 2.28. The Labute approximate surface area is 98.6 Å². The maximum absolute atomic E-state index is 10.9. The lowest BCUT2D eigenvalue weighted by atomic mass is 9.92. The number of hydrogen-bond acceptors (Lipinski definition) is 4. The van der Waals surface area contributed by atoms with Crippen LogP contribution >= 0.6 is 0 Å². The zero-order valence-corrected chi connectivity index (χ0v) is 9.64. The Morgan fingerprint density at radius 3 is 2.65 bits per heavy atom. The molecule has 0 amide bonds. The van der Waals surface area contributed by atoms with E-state index in [1.807, 2.05) is 13.8 Å². The number of carboxylic acid groups (broad SMARTS) is 1. The van der Waals surface area contributed by atoms with Crippen molar-refractivity contribution >= 4 is 5.97 Å². The minimum Gasteiger partial charge on any atom is -0.479 e. The van der Waals surface area contributed by atoms with E-state index in [-0.39, 0.29) is 12.7 Å². The van der Waals surface area contributed by atoms with E-state index in [9.17, 15) is 9.90 Å². The summed E-state index contributed by atoms with van der Waals surface area (Å²) in [5, 5.41) is 18.5. The monoisotopic (exact) mass is 238 g/mol. The van der Waals surface area contributed by atoms with Gasteiger partial charge >= 0.3 is 5.97 Å². The number of hydrogen-bond donors (Lipinski definition) is 2. The fraction of sp³-hybridized carbons (Fsp3) is 0.417. The van der Waals surface area contributed by atoms with Crippen LogP contribution in [0.2, 0.25) is 0 Å². The minimum atomic E-state index is -1.54. The molecule has 1 atom stereocenters. The topological polar surface area (TPSA) is 76.0 Å². The zero-order chi connectivity index (χ0) is 12.6. The third-order valence-corrected chi connectivity index (χ3v) is 2.72. The number of fused-ring (bicyclic) bond motifs is 1. The SMILES string of the molecule is CC(C)c1c(C(O)C(=O)O)ccc2c1OCO2. The quantitative estimate of drug-likeness (QED) is 0.837. The van der Waals surface area contributed by atoms with Gasteiger partial charge in [-0.15, -0.1) is 0 Å². The van der Waals surface area contributed by atoms with Crippen molar-refractivity contribution in [3.8, 4) is 11.5 Å². The van der Waals surface area contributed by atoms with Crippen LogP contribution in [0.25, 0.3) is 0 Å². The van der Waals surface area contributed by atoms with Crippen LogP contribution in [0, 0.1) is 0 Å². The summed E-state index contributed by atoms with van der Waals surface area (Å²) < 4.78 is 10.6. The summed E-state index contributed by atoms with van der Waals surface area (Å²) >= 11 is 0. The Morgan fingerprint density at radius 1 is 1.35 bits per heavy atom. The average Bonchev–Trinajstić information content (AvgIpc) is 2.73. The predicted octanol–water partition coefficient (Wildman–Crippen LogP) is 1.66. The average molecular weight is 238 g/mol. The standard InChI is InChI=1S/C12H14O5/c1-6(2)9-7(10(13)12(14)15)3-4-8-11(9)17-5-16-8/h3-4,6,10,13H,5H2,1-2H3,(H,14,15). The van der Waals surface area contributed by atoms with Crippen molar-refractivity contribution in [2.45, 2.75) is 25.9 Å². The van der Waals surface area contributed by atoms with Crippen LogP contribution in [0.3, 0.4) is 0 Å². The number of benzene rings is 1. The molecule has 2 N–H and O–H groups in total. The van der Waals surface area contributed by atoms with Crippen LogP contribution in [-0.4, -0.2) is 23.0 Å². The van der Waals surface area contributed by atoms with Crippen LogP contribution in [0.1, 0.15) is 37.0 Å². The zero-order valence-electron chi connectivity index (χ0n) is 9.64. The van der Waals surface area contributed by atoms with Crippen molar-refractivity contribution in [2.75, 3.05) is 6.79 Å². The highest BCUT2D eigenvalue weighted by Crippen LogP contribution is 2.42. The Kier molecular flexibility index (Phi) is 2.93. The van der Waals surface area contributed by atoms with Gasteiger partial charge in [0.25, 0.3) is 0 Å². The Balaban J connectivity index is 2.56. The van der Waals surface area contributed by atoms with Crippen LogP contribution in [-0.2, 0) is 4.79 Å². The van der Waals surface area contributed by atoms with Crippen LogP contribution in [0.5, 0.6) is 11.5 Å². The number of carboxylic acids is 1. The van der Waals surface area contributed by atoms with Gasteiger partial charge in [-0.2, -0.15) is 0 Å². The first-order chi connectivity index (χ1) is 8.02. The van der Waals surface area contributed by atoms with Crippen LogP contribution in [0.4, 0.5) is 0 Å². The molecule has 5 nitrogen and oxygen atoms in total. The molecule has 0 aliphatic carbocycles. The third kappa shape index (κ3) is 1.93. The van der Waals surface area contributed by atoms with Crippen molar-refractivity contribution in [3.05, 3.63) is 23.3 Å². The van der Waals surface area contributed by atoms with E-state index in [4.69, 9.17) is 14.6 Å². The number of rotatable bonds is 3. The molecule has 0 saturated carbocycles. The summed E-state index contributed by atoms with van der Waals surface area (Å²) in [6, 6.07) is 3.19. The van der Waals surface area contributed by atoms with Gasteiger partial charge in [0, 0.05) is 5.56 Å². The van der Waals surface area contributed by atoms with Gasteiger partial charge in [0.1, 0.15) is 0 Å². The molecule has 92 valence electrons. The first-order valence-corrected chi connectivity index (χ1v) is 5.35. The lowest BCUT2D eigenvalue weighted by Gasteiger charge is -2.17. The van der Waals surface area contributed by atoms with Crippen molar-refractivity contribution in [1.29, 1.82) is 0 Å². The molecule has 0 saturated heterocycles. The van der Waals surface area contributed by atoms with Gasteiger partial charge in [-0.05, 0) is 17.5 Å². The van der Waals surface area contributed by atoms with E-state index in [0.29, 0.717) is 22.6 Å². The molecule has 17 heavy (non-hydrogen) atoms. The summed E-state index contributed by atoms with van der Waals surface area (Å²) in [6.07, 6.45) is -1.54. The van der Waals surface area contributed by atoms with Gasteiger partial charge in [-0.25, -0.2) is 4.79 Å². The number of aliphatic carboxylic acids is 1. The van der Waals surface area contributed by atoms with Crippen LogP contribution < -0.4 is 9.47 Å². The maximum atomic E-state index is 10.9. The van der Waals surface area contributed by atoms with Crippen molar-refractivity contribution in [1.82, 2.24) is 0 Å². The van der Waals surface area contributed by atoms with E-state index >= 15 is 0 Å². The summed E-state index contributed by atoms with van der Waals surface area (Å²) in [6.45, 7) is 3.95. The molecule has 0 fully saturated rings. The second-order valence-corrected chi connectivity index (χ2v) is 4.20. The third-order valence-electron chi connectivity index (χ3n) is 2.72. The van der Waals surface area contributed by atoms with E-state index < -0.39 is 12.1 Å². The van der Waals surface area contributed by atoms with Crippen LogP contribution in [0.15, 0.2) is 12.1 Å². The van der Waals surface area contributed by atoms with E-state index in [1.54, 1.807) is 12.1 Å². The molecular formula is C12H14O5. The number of aliphatic hydroxyl groups excluding tert-OH is 1. The van der Waals surface area contributed by atoms with Crippen molar-refractivity contribution in [2.24, 2.45) is 0 Å². The molecule has 1 unspecified atom stereocenters. The highest BCUT2D eigenvalue weighted by atomic mass is 16.7. The highest BCUT2D eigenvalue weighted by molar-refractivity contribution is 5.75. The van der Waals surface area contributed by atoms with Crippen molar-refractivity contribution < 1.29 is 24.5 Å². The number of aliphatic hydroxyl groups is 1. The molecule has 2 rings (SSSR count). The molecule has 1 aromatic rings.